The van der Waals surface area contributed by atoms with Gasteiger partial charge in [-0.15, -0.1) is 0 Å². The summed E-state index contributed by atoms with van der Waals surface area (Å²) in [7, 11) is 1.55. The maximum atomic E-state index is 13.9. The summed E-state index contributed by atoms with van der Waals surface area (Å²) < 4.78 is 28.6. The smallest absolute Gasteiger partial charge is 0.314 e. The third kappa shape index (κ3) is 5.45. The minimum atomic E-state index is -0.767. The molecule has 0 aromatic heterocycles. The van der Waals surface area contributed by atoms with Crippen molar-refractivity contribution in [3.05, 3.63) is 11.6 Å². The monoisotopic (exact) mass is 658 g/mol. The highest BCUT2D eigenvalue weighted by atomic mass is 16.7. The van der Waals surface area contributed by atoms with Gasteiger partial charge >= 0.3 is 23.9 Å². The van der Waals surface area contributed by atoms with Crippen LogP contribution in [0.15, 0.2) is 11.6 Å². The molecule has 4 saturated carbocycles. The van der Waals surface area contributed by atoms with Crippen LogP contribution >= 0.6 is 0 Å². The van der Waals surface area contributed by atoms with Gasteiger partial charge in [0, 0.05) is 33.3 Å². The van der Waals surface area contributed by atoms with Crippen molar-refractivity contribution >= 4 is 23.9 Å². The Hall–Kier alpha value is -2.42. The minimum Gasteiger partial charge on any atom is -0.465 e. The van der Waals surface area contributed by atoms with Crippen LogP contribution in [0.3, 0.4) is 0 Å². The molecule has 4 fully saturated rings. The summed E-state index contributed by atoms with van der Waals surface area (Å²) in [5.74, 6) is -0.206. The van der Waals surface area contributed by atoms with Gasteiger partial charge in [-0.25, -0.2) is 0 Å². The van der Waals surface area contributed by atoms with Crippen molar-refractivity contribution in [1.82, 2.24) is 0 Å². The second-order valence-corrected chi connectivity index (χ2v) is 16.8. The van der Waals surface area contributed by atoms with Crippen LogP contribution in [0.25, 0.3) is 0 Å². The zero-order chi connectivity index (χ0) is 34.7. The van der Waals surface area contributed by atoms with Crippen LogP contribution in [0.5, 0.6) is 0 Å². The van der Waals surface area contributed by atoms with Gasteiger partial charge < -0.3 is 23.7 Å². The molecule has 0 spiro atoms. The van der Waals surface area contributed by atoms with E-state index in [9.17, 15) is 19.2 Å². The highest BCUT2D eigenvalue weighted by Crippen LogP contribution is 2.76. The first kappa shape index (κ1) is 35.9. The fraction of sp³-hybridized carbons (Fsp3) is 0.842. The van der Waals surface area contributed by atoms with Crippen LogP contribution in [-0.4, -0.2) is 56.6 Å². The van der Waals surface area contributed by atoms with E-state index in [0.29, 0.717) is 18.3 Å². The highest BCUT2D eigenvalue weighted by molar-refractivity contribution is 5.79. The molecule has 0 aliphatic heterocycles. The van der Waals surface area contributed by atoms with Gasteiger partial charge in [-0.05, 0) is 97.2 Å². The fourth-order valence-electron chi connectivity index (χ4n) is 12.1. The number of carbonyl (C=O) groups excluding carboxylic acids is 4. The lowest BCUT2D eigenvalue weighted by molar-refractivity contribution is -0.256. The molecule has 0 amide bonds. The number of rotatable bonds is 7. The Bertz CT molecular complexity index is 1310. The van der Waals surface area contributed by atoms with Gasteiger partial charge in [-0.1, -0.05) is 53.2 Å². The summed E-state index contributed by atoms with van der Waals surface area (Å²) in [6.45, 7) is 18.1. The SMILES string of the molecule is COCOC(=O)[C@]12CC[C@@H](C)[C@H](C)[C@H]1C1=CC[C@@H]3[C@@]4(C)C[C@@H](OC(C)=O)[C@H](OC(C)=O)[C@@](C)(COC(C)=O)[C@@H]4CC[C@@]3(C)[C@]1(C)CC2. The van der Waals surface area contributed by atoms with Crippen LogP contribution in [0.2, 0.25) is 0 Å². The van der Waals surface area contributed by atoms with E-state index in [0.717, 1.165) is 44.9 Å². The summed E-state index contributed by atoms with van der Waals surface area (Å²) in [5.41, 5.74) is -0.474. The standard InChI is InChI=1S/C38H58O9/c1-22-13-16-38(33(42)45-21-43-10)18-17-36(8)27(31(38)23(22)2)11-12-30-34(6)19-28(46-25(4)40)32(47-26(5)41)35(7,20-44-24(3)39)29(34)14-15-37(30,36)9/h11,22-23,28-32H,12-21H2,1-10H3/t22-,23+,28-,29-,30-,31+,32+,34+,35+,36-,37-,38+/m1/s1. The summed E-state index contributed by atoms with van der Waals surface area (Å²) in [6.07, 6.45) is 7.75. The van der Waals surface area contributed by atoms with E-state index >= 15 is 0 Å². The Kier molecular flexibility index (Phi) is 9.52. The maximum absolute atomic E-state index is 13.9. The lowest BCUT2D eigenvalue weighted by atomic mass is 9.33. The van der Waals surface area contributed by atoms with Crippen LogP contribution < -0.4 is 0 Å². The molecule has 5 aliphatic rings. The molecule has 0 unspecified atom stereocenters. The molecule has 9 nitrogen and oxygen atoms in total. The Morgan fingerprint density at radius 1 is 0.830 bits per heavy atom. The lowest BCUT2D eigenvalue weighted by Gasteiger charge is -2.71. The van der Waals surface area contributed by atoms with Crippen LogP contribution in [0, 0.1) is 56.7 Å². The van der Waals surface area contributed by atoms with Crippen LogP contribution in [0.1, 0.15) is 114 Å². The first-order chi connectivity index (χ1) is 21.9. The fourth-order valence-corrected chi connectivity index (χ4v) is 12.1. The van der Waals surface area contributed by atoms with E-state index in [-0.39, 0.29) is 53.4 Å². The van der Waals surface area contributed by atoms with Crippen molar-refractivity contribution in [2.75, 3.05) is 20.5 Å². The Morgan fingerprint density at radius 2 is 1.51 bits per heavy atom. The quantitative estimate of drug-likeness (QED) is 0.126. The second kappa shape index (κ2) is 12.5. The molecule has 47 heavy (non-hydrogen) atoms. The highest BCUT2D eigenvalue weighted by Gasteiger charge is 2.72. The van der Waals surface area contributed by atoms with Gasteiger partial charge in [0.05, 0.1) is 5.41 Å². The van der Waals surface area contributed by atoms with E-state index in [1.54, 1.807) is 7.11 Å². The molecule has 0 aromatic carbocycles. The van der Waals surface area contributed by atoms with Crippen molar-refractivity contribution in [2.24, 2.45) is 56.7 Å². The Balaban J connectivity index is 1.61. The van der Waals surface area contributed by atoms with Crippen LogP contribution in [0.4, 0.5) is 0 Å². The predicted molar refractivity (Wildman–Crippen MR) is 174 cm³/mol. The van der Waals surface area contributed by atoms with E-state index in [1.165, 1.54) is 26.3 Å². The van der Waals surface area contributed by atoms with E-state index in [2.05, 4.69) is 40.7 Å². The van der Waals surface area contributed by atoms with Gasteiger partial charge in [0.1, 0.15) is 18.8 Å². The van der Waals surface area contributed by atoms with E-state index in [4.69, 9.17) is 23.7 Å². The summed E-state index contributed by atoms with van der Waals surface area (Å²) >= 11 is 0. The minimum absolute atomic E-state index is 0.0307. The van der Waals surface area contributed by atoms with Crippen molar-refractivity contribution < 1.29 is 42.9 Å². The lowest BCUT2D eigenvalue weighted by Crippen LogP contribution is -2.69. The molecule has 5 aliphatic carbocycles. The first-order valence-corrected chi connectivity index (χ1v) is 17.8. The number of esters is 4. The molecular weight excluding hydrogens is 600 g/mol. The zero-order valence-corrected chi connectivity index (χ0v) is 30.4. The molecule has 0 saturated heterocycles. The van der Waals surface area contributed by atoms with Gasteiger partial charge in [-0.3, -0.25) is 19.2 Å². The van der Waals surface area contributed by atoms with Crippen molar-refractivity contribution in [1.29, 1.82) is 0 Å². The second-order valence-electron chi connectivity index (χ2n) is 16.8. The van der Waals surface area contributed by atoms with E-state index in [1.807, 2.05) is 6.92 Å². The predicted octanol–water partition coefficient (Wildman–Crippen LogP) is 6.81. The Morgan fingerprint density at radius 3 is 2.13 bits per heavy atom. The molecule has 0 N–H and O–H groups in total. The molecule has 0 bridgehead atoms. The summed E-state index contributed by atoms with van der Waals surface area (Å²) in [4.78, 5) is 51.1. The number of hydrogen-bond acceptors (Lipinski definition) is 9. The first-order valence-electron chi connectivity index (χ1n) is 17.8. The summed E-state index contributed by atoms with van der Waals surface area (Å²) in [5, 5.41) is 0. The van der Waals surface area contributed by atoms with Gasteiger partial charge in [-0.2, -0.15) is 0 Å². The number of ether oxygens (including phenoxy) is 5. The molecule has 0 aromatic rings. The number of hydrogen-bond donors (Lipinski definition) is 0. The maximum Gasteiger partial charge on any atom is 0.314 e. The average molecular weight is 659 g/mol. The number of fused-ring (bicyclic) bond motifs is 7. The van der Waals surface area contributed by atoms with Crippen molar-refractivity contribution in [3.63, 3.8) is 0 Å². The number of allylic oxidation sites excluding steroid dienone is 2. The summed E-state index contributed by atoms with van der Waals surface area (Å²) in [6, 6.07) is 0. The molecule has 12 atom stereocenters. The molecule has 264 valence electrons. The zero-order valence-electron chi connectivity index (χ0n) is 30.4. The third-order valence-electron chi connectivity index (χ3n) is 14.6. The average Bonchev–Trinajstić information content (AvgIpc) is 2.98. The van der Waals surface area contributed by atoms with Gasteiger partial charge in [0.2, 0.25) is 0 Å². The molecule has 0 heterocycles. The molecule has 9 heteroatoms. The van der Waals surface area contributed by atoms with Crippen LogP contribution in [-0.2, 0) is 42.9 Å². The van der Waals surface area contributed by atoms with Crippen molar-refractivity contribution in [2.45, 2.75) is 126 Å². The molecule has 0 radical (unpaired) electrons. The molecular formula is C38H58O9. The van der Waals surface area contributed by atoms with Gasteiger partial charge in [0.25, 0.3) is 0 Å². The largest absolute Gasteiger partial charge is 0.465 e. The van der Waals surface area contributed by atoms with Gasteiger partial charge in [0.15, 0.2) is 6.79 Å². The normalized spacial score (nSPS) is 45.5. The topological polar surface area (TPSA) is 114 Å². The Labute approximate surface area is 281 Å². The number of methoxy groups -OCH3 is 1. The number of carbonyl (C=O) groups is 4. The molecule has 5 rings (SSSR count). The third-order valence-corrected chi connectivity index (χ3v) is 14.6. The van der Waals surface area contributed by atoms with Crippen molar-refractivity contribution in [3.8, 4) is 0 Å². The van der Waals surface area contributed by atoms with E-state index < -0.39 is 40.9 Å².